The summed E-state index contributed by atoms with van der Waals surface area (Å²) in [4.78, 5) is 21.9. The first-order chi connectivity index (χ1) is 10.8. The highest BCUT2D eigenvalue weighted by molar-refractivity contribution is 5.86. The molecule has 8 nitrogen and oxygen atoms in total. The Morgan fingerprint density at radius 3 is 2.68 bits per heavy atom. The molecule has 112 valence electrons. The molecule has 1 aliphatic rings. The van der Waals surface area contributed by atoms with Crippen LogP contribution in [0.3, 0.4) is 0 Å². The van der Waals surface area contributed by atoms with Crippen LogP contribution < -0.4 is 9.80 Å². The van der Waals surface area contributed by atoms with Gasteiger partial charge < -0.3 is 9.80 Å². The number of aromatic amines is 1. The lowest BCUT2D eigenvalue weighted by molar-refractivity contribution is 0.635. The van der Waals surface area contributed by atoms with Crippen molar-refractivity contribution in [2.24, 2.45) is 0 Å². The van der Waals surface area contributed by atoms with Crippen molar-refractivity contribution in [3.05, 3.63) is 30.5 Å². The molecule has 0 saturated carbocycles. The first-order valence-electron chi connectivity index (χ1n) is 7.25. The van der Waals surface area contributed by atoms with Crippen LogP contribution in [0.15, 0.2) is 24.8 Å². The Morgan fingerprint density at radius 1 is 1.05 bits per heavy atom. The second-order valence-electron chi connectivity index (χ2n) is 5.30. The van der Waals surface area contributed by atoms with Crippen LogP contribution in [-0.2, 0) is 0 Å². The first kappa shape index (κ1) is 12.9. The smallest absolute Gasteiger partial charge is 0.225 e. The number of anilines is 2. The molecule has 0 aliphatic carbocycles. The predicted molar refractivity (Wildman–Crippen MR) is 82.9 cm³/mol. The van der Waals surface area contributed by atoms with E-state index in [-0.39, 0.29) is 0 Å². The fraction of sp³-hybridized carbons (Fsp3) is 0.357. The average Bonchev–Trinajstić information content (AvgIpc) is 3.04. The summed E-state index contributed by atoms with van der Waals surface area (Å²) in [6, 6.07) is 1.91. The summed E-state index contributed by atoms with van der Waals surface area (Å²) in [6.07, 6.45) is 5.16. The van der Waals surface area contributed by atoms with Crippen LogP contribution in [0.1, 0.15) is 5.69 Å². The summed E-state index contributed by atoms with van der Waals surface area (Å²) in [7, 11) is 0. The molecule has 0 unspecified atom stereocenters. The van der Waals surface area contributed by atoms with Crippen molar-refractivity contribution in [2.75, 3.05) is 36.0 Å². The van der Waals surface area contributed by atoms with Gasteiger partial charge in [0.05, 0.1) is 11.6 Å². The maximum absolute atomic E-state index is 4.49. The molecule has 3 aromatic rings. The van der Waals surface area contributed by atoms with Crippen LogP contribution in [0.5, 0.6) is 0 Å². The molecule has 0 amide bonds. The van der Waals surface area contributed by atoms with Gasteiger partial charge in [-0.3, -0.25) is 5.10 Å². The third kappa shape index (κ3) is 2.22. The van der Waals surface area contributed by atoms with Crippen molar-refractivity contribution in [3.63, 3.8) is 0 Å². The second-order valence-corrected chi connectivity index (χ2v) is 5.30. The van der Waals surface area contributed by atoms with Gasteiger partial charge >= 0.3 is 0 Å². The zero-order valence-electron chi connectivity index (χ0n) is 12.3. The molecule has 22 heavy (non-hydrogen) atoms. The fourth-order valence-corrected chi connectivity index (χ4v) is 2.71. The molecule has 0 bridgehead atoms. The molecule has 0 spiro atoms. The monoisotopic (exact) mass is 296 g/mol. The number of hydrogen-bond donors (Lipinski definition) is 1. The van der Waals surface area contributed by atoms with Gasteiger partial charge in [0.1, 0.15) is 12.1 Å². The summed E-state index contributed by atoms with van der Waals surface area (Å²) < 4.78 is 0. The number of piperazine rings is 1. The Hall–Kier alpha value is -2.77. The summed E-state index contributed by atoms with van der Waals surface area (Å²) >= 11 is 0. The maximum Gasteiger partial charge on any atom is 0.225 e. The molecule has 0 radical (unpaired) electrons. The minimum atomic E-state index is 0.773. The van der Waals surface area contributed by atoms with Crippen LogP contribution in [0.25, 0.3) is 11.0 Å². The largest absolute Gasteiger partial charge is 0.352 e. The Bertz CT molecular complexity index is 790. The fourth-order valence-electron chi connectivity index (χ4n) is 2.71. The van der Waals surface area contributed by atoms with Gasteiger partial charge in [0.25, 0.3) is 0 Å². The van der Waals surface area contributed by atoms with Gasteiger partial charge in [-0.15, -0.1) is 0 Å². The van der Waals surface area contributed by atoms with Crippen LogP contribution in [0.2, 0.25) is 0 Å². The number of rotatable bonds is 2. The van der Waals surface area contributed by atoms with E-state index in [4.69, 9.17) is 0 Å². The normalized spacial score (nSPS) is 15.5. The van der Waals surface area contributed by atoms with E-state index in [1.165, 1.54) is 0 Å². The number of aromatic nitrogens is 6. The molecular formula is C14H16N8. The lowest BCUT2D eigenvalue weighted by atomic mass is 10.3. The molecule has 1 fully saturated rings. The van der Waals surface area contributed by atoms with E-state index >= 15 is 0 Å². The van der Waals surface area contributed by atoms with Gasteiger partial charge in [-0.2, -0.15) is 5.10 Å². The van der Waals surface area contributed by atoms with Crippen LogP contribution in [0.4, 0.5) is 11.8 Å². The van der Waals surface area contributed by atoms with Gasteiger partial charge in [0.2, 0.25) is 5.95 Å². The topological polar surface area (TPSA) is 86.7 Å². The Labute approximate surface area is 127 Å². The molecule has 8 heteroatoms. The molecule has 1 aliphatic heterocycles. The zero-order chi connectivity index (χ0) is 14.9. The van der Waals surface area contributed by atoms with Crippen molar-refractivity contribution in [1.82, 2.24) is 30.1 Å². The molecule has 4 heterocycles. The molecule has 1 saturated heterocycles. The molecule has 0 atom stereocenters. The van der Waals surface area contributed by atoms with Crippen molar-refractivity contribution < 1.29 is 0 Å². The summed E-state index contributed by atoms with van der Waals surface area (Å²) in [5, 5.41) is 7.89. The van der Waals surface area contributed by atoms with Crippen molar-refractivity contribution in [2.45, 2.75) is 6.92 Å². The number of nitrogens with one attached hydrogen (secondary N) is 1. The quantitative estimate of drug-likeness (QED) is 0.747. The van der Waals surface area contributed by atoms with E-state index in [2.05, 4.69) is 39.9 Å². The van der Waals surface area contributed by atoms with E-state index < -0.39 is 0 Å². The zero-order valence-corrected chi connectivity index (χ0v) is 12.3. The van der Waals surface area contributed by atoms with Gasteiger partial charge in [-0.25, -0.2) is 19.9 Å². The van der Waals surface area contributed by atoms with E-state index in [9.17, 15) is 0 Å². The van der Waals surface area contributed by atoms with Gasteiger partial charge in [0.15, 0.2) is 5.65 Å². The molecule has 0 aromatic carbocycles. The Morgan fingerprint density at radius 2 is 1.86 bits per heavy atom. The molecule has 4 rings (SSSR count). The lowest BCUT2D eigenvalue weighted by Gasteiger charge is -2.35. The van der Waals surface area contributed by atoms with Crippen LogP contribution in [0, 0.1) is 6.92 Å². The molecule has 3 aromatic heterocycles. The van der Waals surface area contributed by atoms with E-state index in [0.29, 0.717) is 0 Å². The van der Waals surface area contributed by atoms with Gasteiger partial charge in [-0.1, -0.05) is 0 Å². The number of fused-ring (bicyclic) bond motifs is 1. The van der Waals surface area contributed by atoms with Crippen molar-refractivity contribution in [1.29, 1.82) is 0 Å². The minimum absolute atomic E-state index is 0.773. The lowest BCUT2D eigenvalue weighted by Crippen LogP contribution is -2.47. The number of H-pyrrole nitrogens is 1. The minimum Gasteiger partial charge on any atom is -0.352 e. The number of nitrogens with zero attached hydrogens (tertiary/aromatic N) is 7. The Balaban J connectivity index is 1.53. The predicted octanol–water partition coefficient (Wildman–Crippen LogP) is 0.778. The van der Waals surface area contributed by atoms with E-state index in [0.717, 1.165) is 54.7 Å². The number of aryl methyl sites for hydroxylation is 1. The first-order valence-corrected chi connectivity index (χ1v) is 7.25. The SMILES string of the molecule is Cc1ccnc(N2CCN(c3ncnc4[nH]ncc34)CC2)n1. The Kier molecular flexibility index (Phi) is 3.06. The highest BCUT2D eigenvalue weighted by atomic mass is 15.3. The second kappa shape index (κ2) is 5.21. The van der Waals surface area contributed by atoms with Gasteiger partial charge in [-0.05, 0) is 13.0 Å². The highest BCUT2D eigenvalue weighted by Gasteiger charge is 2.21. The third-order valence-corrected chi connectivity index (χ3v) is 3.87. The summed E-state index contributed by atoms with van der Waals surface area (Å²) in [5.74, 6) is 1.74. The summed E-state index contributed by atoms with van der Waals surface area (Å²) in [6.45, 7) is 5.46. The highest BCUT2D eigenvalue weighted by Crippen LogP contribution is 2.22. The van der Waals surface area contributed by atoms with E-state index in [1.807, 2.05) is 19.2 Å². The maximum atomic E-state index is 4.49. The third-order valence-electron chi connectivity index (χ3n) is 3.87. The standard InChI is InChI=1S/C14H16N8/c1-10-2-3-15-14(19-10)22-6-4-21(5-7-22)13-11-8-18-20-12(11)16-9-17-13/h2-3,8-9H,4-7H2,1H3,(H,16,17,18,20). The average molecular weight is 296 g/mol. The molecule has 1 N–H and O–H groups in total. The van der Waals surface area contributed by atoms with Crippen molar-refractivity contribution in [3.8, 4) is 0 Å². The van der Waals surface area contributed by atoms with Crippen LogP contribution in [-0.4, -0.2) is 56.3 Å². The summed E-state index contributed by atoms with van der Waals surface area (Å²) in [5.41, 5.74) is 1.76. The van der Waals surface area contributed by atoms with Crippen molar-refractivity contribution >= 4 is 22.8 Å². The van der Waals surface area contributed by atoms with Gasteiger partial charge in [0, 0.05) is 38.1 Å². The molecular weight excluding hydrogens is 280 g/mol. The van der Waals surface area contributed by atoms with E-state index in [1.54, 1.807) is 12.5 Å². The number of hydrogen-bond acceptors (Lipinski definition) is 7. The van der Waals surface area contributed by atoms with Crippen LogP contribution >= 0.6 is 0 Å².